The molecule has 0 aliphatic rings. The van der Waals surface area contributed by atoms with Crippen molar-refractivity contribution in [3.8, 4) is 0 Å². The number of aryl methyl sites for hydroxylation is 1. The number of nitrogens with one attached hydrogen (secondary N) is 1. The van der Waals surface area contributed by atoms with Gasteiger partial charge in [0.2, 0.25) is 0 Å². The average Bonchev–Trinajstić information content (AvgIpc) is 2.47. The Hall–Kier alpha value is -2.36. The minimum absolute atomic E-state index is 0.0807. The number of para-hydroxylation sites is 1. The molecule has 0 bridgehead atoms. The van der Waals surface area contributed by atoms with Crippen molar-refractivity contribution < 1.29 is 9.18 Å². The van der Waals surface area contributed by atoms with Crippen molar-refractivity contribution in [2.24, 2.45) is 0 Å². The summed E-state index contributed by atoms with van der Waals surface area (Å²) in [5, 5.41) is 3.15. The van der Waals surface area contributed by atoms with Crippen LogP contribution in [0.5, 0.6) is 0 Å². The molecular formula is C17H19FN2O. The largest absolute Gasteiger partial charge is 0.380 e. The first-order valence-electron chi connectivity index (χ1n) is 6.78. The van der Waals surface area contributed by atoms with Crippen molar-refractivity contribution in [3.63, 3.8) is 0 Å². The fourth-order valence-corrected chi connectivity index (χ4v) is 2.09. The van der Waals surface area contributed by atoms with Gasteiger partial charge in [0.05, 0.1) is 5.56 Å². The van der Waals surface area contributed by atoms with E-state index in [0.29, 0.717) is 23.4 Å². The summed E-state index contributed by atoms with van der Waals surface area (Å²) in [6.45, 7) is 2.26. The Kier molecular flexibility index (Phi) is 4.58. The second-order valence-electron chi connectivity index (χ2n) is 5.19. The molecule has 2 aromatic rings. The molecular weight excluding hydrogens is 267 g/mol. The number of hydrogen-bond donors (Lipinski definition) is 1. The minimum atomic E-state index is -0.246. The molecule has 0 aromatic heterocycles. The summed E-state index contributed by atoms with van der Waals surface area (Å²) in [5.41, 5.74) is 2.88. The lowest BCUT2D eigenvalue weighted by Gasteiger charge is -2.15. The molecule has 0 atom stereocenters. The molecule has 0 saturated heterocycles. The lowest BCUT2D eigenvalue weighted by atomic mass is 10.1. The van der Waals surface area contributed by atoms with Crippen LogP contribution in [0, 0.1) is 12.7 Å². The maximum atomic E-state index is 13.7. The van der Waals surface area contributed by atoms with Gasteiger partial charge >= 0.3 is 0 Å². The van der Waals surface area contributed by atoms with Crippen LogP contribution in [0.2, 0.25) is 0 Å². The summed E-state index contributed by atoms with van der Waals surface area (Å²) in [4.78, 5) is 13.6. The Labute approximate surface area is 124 Å². The second kappa shape index (κ2) is 6.39. The first kappa shape index (κ1) is 15.0. The van der Waals surface area contributed by atoms with E-state index < -0.39 is 0 Å². The number of amides is 1. The van der Waals surface area contributed by atoms with Gasteiger partial charge in [-0.1, -0.05) is 29.8 Å². The van der Waals surface area contributed by atoms with Crippen LogP contribution in [0.4, 0.5) is 10.1 Å². The predicted octanol–water partition coefficient (Wildman–Crippen LogP) is 3.45. The number of anilines is 1. The van der Waals surface area contributed by atoms with E-state index >= 15 is 0 Å². The van der Waals surface area contributed by atoms with Gasteiger partial charge in [0, 0.05) is 31.9 Å². The number of nitrogens with zero attached hydrogens (tertiary/aromatic N) is 1. The molecule has 2 rings (SSSR count). The number of hydrogen-bond acceptors (Lipinski definition) is 2. The summed E-state index contributed by atoms with van der Waals surface area (Å²) in [7, 11) is 3.42. The quantitative estimate of drug-likeness (QED) is 0.933. The van der Waals surface area contributed by atoms with Crippen LogP contribution >= 0.6 is 0 Å². The Morgan fingerprint density at radius 2 is 1.90 bits per heavy atom. The van der Waals surface area contributed by atoms with Crippen molar-refractivity contribution in [2.45, 2.75) is 13.5 Å². The van der Waals surface area contributed by atoms with E-state index in [1.165, 1.54) is 11.0 Å². The van der Waals surface area contributed by atoms with E-state index in [1.54, 1.807) is 32.3 Å². The van der Waals surface area contributed by atoms with E-state index in [1.807, 2.05) is 25.1 Å². The van der Waals surface area contributed by atoms with Crippen molar-refractivity contribution in [1.29, 1.82) is 0 Å². The van der Waals surface area contributed by atoms with Crippen molar-refractivity contribution >= 4 is 11.6 Å². The highest BCUT2D eigenvalue weighted by Gasteiger charge is 2.12. The molecule has 21 heavy (non-hydrogen) atoms. The van der Waals surface area contributed by atoms with Gasteiger partial charge in [-0.25, -0.2) is 4.39 Å². The van der Waals surface area contributed by atoms with Gasteiger partial charge in [-0.3, -0.25) is 4.79 Å². The molecule has 4 heteroatoms. The highest BCUT2D eigenvalue weighted by atomic mass is 19.1. The molecule has 110 valence electrons. The van der Waals surface area contributed by atoms with Gasteiger partial charge in [-0.2, -0.15) is 0 Å². The Balaban J connectivity index is 2.21. The maximum Gasteiger partial charge on any atom is 0.255 e. The van der Waals surface area contributed by atoms with Crippen molar-refractivity contribution in [1.82, 2.24) is 4.90 Å². The molecule has 0 radical (unpaired) electrons. The van der Waals surface area contributed by atoms with Crippen LogP contribution in [0.1, 0.15) is 21.5 Å². The molecule has 2 aromatic carbocycles. The average molecular weight is 286 g/mol. The van der Waals surface area contributed by atoms with Crippen LogP contribution in [0.25, 0.3) is 0 Å². The lowest BCUT2D eigenvalue weighted by Crippen LogP contribution is -2.23. The molecule has 0 fully saturated rings. The van der Waals surface area contributed by atoms with E-state index in [-0.39, 0.29) is 11.7 Å². The zero-order chi connectivity index (χ0) is 15.4. The number of halogens is 1. The molecule has 0 aliphatic heterocycles. The smallest absolute Gasteiger partial charge is 0.255 e. The zero-order valence-electron chi connectivity index (χ0n) is 12.5. The van der Waals surface area contributed by atoms with Gasteiger partial charge in [-0.05, 0) is 25.1 Å². The third-order valence-electron chi connectivity index (χ3n) is 3.23. The van der Waals surface area contributed by atoms with Gasteiger partial charge in [0.1, 0.15) is 5.82 Å². The lowest BCUT2D eigenvalue weighted by molar-refractivity contribution is 0.0828. The monoisotopic (exact) mass is 286 g/mol. The van der Waals surface area contributed by atoms with Crippen LogP contribution in [0.3, 0.4) is 0 Å². The van der Waals surface area contributed by atoms with E-state index in [2.05, 4.69) is 5.32 Å². The first-order valence-corrected chi connectivity index (χ1v) is 6.78. The summed E-state index contributed by atoms with van der Waals surface area (Å²) >= 11 is 0. The third-order valence-corrected chi connectivity index (χ3v) is 3.23. The summed E-state index contributed by atoms with van der Waals surface area (Å²) in [5.74, 6) is -0.327. The van der Waals surface area contributed by atoms with Crippen LogP contribution in [-0.4, -0.2) is 24.9 Å². The number of carbonyl (C=O) groups excluding carboxylic acids is 1. The molecule has 1 amide bonds. The van der Waals surface area contributed by atoms with Crippen LogP contribution in [0.15, 0.2) is 42.5 Å². The van der Waals surface area contributed by atoms with Gasteiger partial charge in [0.15, 0.2) is 0 Å². The van der Waals surface area contributed by atoms with Gasteiger partial charge in [0.25, 0.3) is 5.91 Å². The standard InChI is InChI=1S/C17H19FN2O/c1-12-8-9-15(18)13(10-12)11-19-16-7-5-4-6-14(16)17(21)20(2)3/h4-10,19H,11H2,1-3H3. The molecule has 0 saturated carbocycles. The molecule has 0 spiro atoms. The van der Waals surface area contributed by atoms with Gasteiger partial charge < -0.3 is 10.2 Å². The van der Waals surface area contributed by atoms with E-state index in [9.17, 15) is 9.18 Å². The number of carbonyl (C=O) groups is 1. The highest BCUT2D eigenvalue weighted by molar-refractivity contribution is 5.99. The van der Waals surface area contributed by atoms with Crippen molar-refractivity contribution in [3.05, 3.63) is 65.0 Å². The fraction of sp³-hybridized carbons (Fsp3) is 0.235. The number of benzene rings is 2. The SMILES string of the molecule is Cc1ccc(F)c(CNc2ccccc2C(=O)N(C)C)c1. The van der Waals surface area contributed by atoms with Crippen LogP contribution in [-0.2, 0) is 6.54 Å². The highest BCUT2D eigenvalue weighted by Crippen LogP contribution is 2.18. The zero-order valence-corrected chi connectivity index (χ0v) is 12.5. The molecule has 0 heterocycles. The van der Waals surface area contributed by atoms with Crippen LogP contribution < -0.4 is 5.32 Å². The summed E-state index contributed by atoms with van der Waals surface area (Å²) in [6.07, 6.45) is 0. The number of rotatable bonds is 4. The second-order valence-corrected chi connectivity index (χ2v) is 5.19. The summed E-state index contributed by atoms with van der Waals surface area (Å²) in [6, 6.07) is 12.3. The summed E-state index contributed by atoms with van der Waals surface area (Å²) < 4.78 is 13.7. The van der Waals surface area contributed by atoms with Gasteiger partial charge in [-0.15, -0.1) is 0 Å². The minimum Gasteiger partial charge on any atom is -0.380 e. The molecule has 0 aliphatic carbocycles. The van der Waals surface area contributed by atoms with E-state index in [4.69, 9.17) is 0 Å². The maximum absolute atomic E-state index is 13.7. The normalized spacial score (nSPS) is 10.3. The Bertz CT molecular complexity index is 653. The van der Waals surface area contributed by atoms with Crippen molar-refractivity contribution in [2.75, 3.05) is 19.4 Å². The topological polar surface area (TPSA) is 32.3 Å². The Morgan fingerprint density at radius 1 is 1.19 bits per heavy atom. The molecule has 3 nitrogen and oxygen atoms in total. The molecule has 1 N–H and O–H groups in total. The fourth-order valence-electron chi connectivity index (χ4n) is 2.09. The first-order chi connectivity index (χ1) is 9.99. The predicted molar refractivity (Wildman–Crippen MR) is 82.9 cm³/mol. The van der Waals surface area contributed by atoms with E-state index in [0.717, 1.165) is 5.56 Å². The molecule has 0 unspecified atom stereocenters. The third kappa shape index (κ3) is 3.60. The Morgan fingerprint density at radius 3 is 2.62 bits per heavy atom.